The number of hydrogen-bond donors (Lipinski definition) is 0. The van der Waals surface area contributed by atoms with Gasteiger partial charge >= 0.3 is 0 Å². The van der Waals surface area contributed by atoms with Gasteiger partial charge < -0.3 is 14.5 Å². The predicted octanol–water partition coefficient (Wildman–Crippen LogP) is 2.85. The van der Waals surface area contributed by atoms with E-state index in [2.05, 4.69) is 14.9 Å². The van der Waals surface area contributed by atoms with Gasteiger partial charge in [0.1, 0.15) is 17.7 Å². The summed E-state index contributed by atoms with van der Waals surface area (Å²) in [6, 6.07) is 9.41. The topological polar surface area (TPSA) is 41.5 Å². The van der Waals surface area contributed by atoms with Crippen molar-refractivity contribution in [2.75, 3.05) is 37.0 Å². The summed E-state index contributed by atoms with van der Waals surface area (Å²) in [5.74, 6) is 2.47. The number of anilines is 2. The van der Waals surface area contributed by atoms with Crippen LogP contribution in [0.3, 0.4) is 0 Å². The molecule has 116 valence electrons. The minimum atomic E-state index is 0.130. The molecule has 22 heavy (non-hydrogen) atoms. The maximum absolute atomic E-state index is 5.99. The van der Waals surface area contributed by atoms with Gasteiger partial charge in [-0.3, -0.25) is 0 Å². The minimum Gasteiger partial charge on any atom is -0.488 e. The molecule has 1 atom stereocenters. The Kier molecular flexibility index (Phi) is 4.34. The lowest BCUT2D eigenvalue weighted by atomic mass is 10.3. The predicted molar refractivity (Wildman–Crippen MR) is 89.1 cm³/mol. The van der Waals surface area contributed by atoms with Crippen LogP contribution >= 0.6 is 11.6 Å². The normalized spacial score (nSPS) is 17.6. The van der Waals surface area contributed by atoms with Gasteiger partial charge in [-0.15, -0.1) is 0 Å². The number of halogens is 1. The Morgan fingerprint density at radius 2 is 2.18 bits per heavy atom. The van der Waals surface area contributed by atoms with Crippen molar-refractivity contribution in [3.05, 3.63) is 41.6 Å². The average Bonchev–Trinajstić information content (AvgIpc) is 2.96. The van der Waals surface area contributed by atoms with Gasteiger partial charge in [-0.05, 0) is 24.3 Å². The van der Waals surface area contributed by atoms with Crippen LogP contribution in [0, 0.1) is 0 Å². The SMILES string of the molecule is CN(C)c1ccnc(N2CCC(Oc3cccc(Cl)c3)C2)n1. The lowest BCUT2D eigenvalue weighted by Crippen LogP contribution is -2.26. The molecule has 1 aromatic carbocycles. The second-order valence-corrected chi connectivity index (χ2v) is 5.98. The molecule has 0 saturated carbocycles. The molecule has 1 aliphatic heterocycles. The number of benzene rings is 1. The fraction of sp³-hybridized carbons (Fsp3) is 0.375. The molecule has 1 saturated heterocycles. The van der Waals surface area contributed by atoms with Crippen LogP contribution in [0.15, 0.2) is 36.5 Å². The first-order chi connectivity index (χ1) is 10.6. The molecule has 1 aliphatic rings. The lowest BCUT2D eigenvalue weighted by molar-refractivity contribution is 0.225. The van der Waals surface area contributed by atoms with Gasteiger partial charge in [0.2, 0.25) is 5.95 Å². The molecular formula is C16H19ClN4O. The Balaban J connectivity index is 1.66. The van der Waals surface area contributed by atoms with Crippen molar-refractivity contribution < 1.29 is 4.74 Å². The van der Waals surface area contributed by atoms with Crippen LogP contribution in [0.1, 0.15) is 6.42 Å². The highest BCUT2D eigenvalue weighted by molar-refractivity contribution is 6.30. The van der Waals surface area contributed by atoms with Crippen molar-refractivity contribution in [1.29, 1.82) is 0 Å². The van der Waals surface area contributed by atoms with Crippen molar-refractivity contribution in [3.63, 3.8) is 0 Å². The van der Waals surface area contributed by atoms with E-state index in [1.165, 1.54) is 0 Å². The van der Waals surface area contributed by atoms with E-state index in [-0.39, 0.29) is 6.10 Å². The van der Waals surface area contributed by atoms with Gasteiger partial charge in [0.05, 0.1) is 6.54 Å². The van der Waals surface area contributed by atoms with Crippen LogP contribution in [0.25, 0.3) is 0 Å². The maximum atomic E-state index is 5.99. The third kappa shape index (κ3) is 3.42. The standard InChI is InChI=1S/C16H19ClN4O/c1-20(2)15-6-8-18-16(19-15)21-9-7-14(11-21)22-13-5-3-4-12(17)10-13/h3-6,8,10,14H,7,9,11H2,1-2H3. The fourth-order valence-electron chi connectivity index (χ4n) is 2.48. The first kappa shape index (κ1) is 14.9. The minimum absolute atomic E-state index is 0.130. The summed E-state index contributed by atoms with van der Waals surface area (Å²) in [5, 5.41) is 0.689. The number of ether oxygens (including phenoxy) is 1. The largest absolute Gasteiger partial charge is 0.488 e. The zero-order chi connectivity index (χ0) is 15.5. The summed E-state index contributed by atoms with van der Waals surface area (Å²) < 4.78 is 5.99. The molecule has 5 nitrogen and oxygen atoms in total. The summed E-state index contributed by atoms with van der Waals surface area (Å²) in [6.07, 6.45) is 2.87. The molecule has 2 heterocycles. The molecule has 0 N–H and O–H groups in total. The van der Waals surface area contributed by atoms with Crippen molar-refractivity contribution in [3.8, 4) is 5.75 Å². The lowest BCUT2D eigenvalue weighted by Gasteiger charge is -2.19. The van der Waals surface area contributed by atoms with E-state index in [1.807, 2.05) is 49.3 Å². The molecular weight excluding hydrogens is 300 g/mol. The van der Waals surface area contributed by atoms with E-state index in [0.717, 1.165) is 37.0 Å². The van der Waals surface area contributed by atoms with E-state index in [0.29, 0.717) is 5.02 Å². The quantitative estimate of drug-likeness (QED) is 0.867. The molecule has 0 amide bonds. The zero-order valence-electron chi connectivity index (χ0n) is 12.7. The summed E-state index contributed by atoms with van der Waals surface area (Å²) in [6.45, 7) is 1.67. The van der Waals surface area contributed by atoms with Crippen molar-refractivity contribution in [1.82, 2.24) is 9.97 Å². The van der Waals surface area contributed by atoms with E-state index >= 15 is 0 Å². The first-order valence-electron chi connectivity index (χ1n) is 7.29. The van der Waals surface area contributed by atoms with Gasteiger partial charge in [-0.25, -0.2) is 4.98 Å². The van der Waals surface area contributed by atoms with Crippen LogP contribution in [0.2, 0.25) is 5.02 Å². The second-order valence-electron chi connectivity index (χ2n) is 5.54. The van der Waals surface area contributed by atoms with Crippen LogP contribution < -0.4 is 14.5 Å². The van der Waals surface area contributed by atoms with Crippen LogP contribution in [-0.4, -0.2) is 43.3 Å². The highest BCUT2D eigenvalue weighted by Gasteiger charge is 2.26. The van der Waals surface area contributed by atoms with Gasteiger partial charge in [0.25, 0.3) is 0 Å². The Hall–Kier alpha value is -2.01. The average molecular weight is 319 g/mol. The molecule has 0 spiro atoms. The first-order valence-corrected chi connectivity index (χ1v) is 7.67. The number of rotatable bonds is 4. The zero-order valence-corrected chi connectivity index (χ0v) is 13.5. The summed E-state index contributed by atoms with van der Waals surface area (Å²) >= 11 is 5.99. The van der Waals surface area contributed by atoms with Gasteiger partial charge in [-0.1, -0.05) is 17.7 Å². The van der Waals surface area contributed by atoms with E-state index in [9.17, 15) is 0 Å². The van der Waals surface area contributed by atoms with Gasteiger partial charge in [-0.2, -0.15) is 4.98 Å². The summed E-state index contributed by atoms with van der Waals surface area (Å²) in [5.41, 5.74) is 0. The molecule has 2 aromatic rings. The molecule has 0 aliphatic carbocycles. The highest BCUT2D eigenvalue weighted by atomic mass is 35.5. The number of hydrogen-bond acceptors (Lipinski definition) is 5. The van der Waals surface area contributed by atoms with E-state index < -0.39 is 0 Å². The molecule has 1 unspecified atom stereocenters. The summed E-state index contributed by atoms with van der Waals surface area (Å²) in [4.78, 5) is 13.1. The summed E-state index contributed by atoms with van der Waals surface area (Å²) in [7, 11) is 3.95. The molecule has 1 fully saturated rings. The number of aromatic nitrogens is 2. The van der Waals surface area contributed by atoms with Crippen molar-refractivity contribution >= 4 is 23.4 Å². The molecule has 6 heteroatoms. The van der Waals surface area contributed by atoms with Crippen molar-refractivity contribution in [2.24, 2.45) is 0 Å². The Morgan fingerprint density at radius 1 is 1.32 bits per heavy atom. The fourth-order valence-corrected chi connectivity index (χ4v) is 2.66. The maximum Gasteiger partial charge on any atom is 0.227 e. The molecule has 0 radical (unpaired) electrons. The second kappa shape index (κ2) is 6.40. The van der Waals surface area contributed by atoms with Crippen LogP contribution in [-0.2, 0) is 0 Å². The van der Waals surface area contributed by atoms with Crippen molar-refractivity contribution in [2.45, 2.75) is 12.5 Å². The third-order valence-corrected chi connectivity index (χ3v) is 3.85. The Labute approximate surface area is 135 Å². The number of nitrogens with zero attached hydrogens (tertiary/aromatic N) is 4. The monoisotopic (exact) mass is 318 g/mol. The van der Waals surface area contributed by atoms with E-state index in [1.54, 1.807) is 6.20 Å². The molecule has 3 rings (SSSR count). The van der Waals surface area contributed by atoms with Crippen LogP contribution in [0.5, 0.6) is 5.75 Å². The Morgan fingerprint density at radius 3 is 2.95 bits per heavy atom. The highest BCUT2D eigenvalue weighted by Crippen LogP contribution is 2.24. The molecule has 1 aromatic heterocycles. The Bertz CT molecular complexity index is 650. The third-order valence-electron chi connectivity index (χ3n) is 3.61. The van der Waals surface area contributed by atoms with Gasteiger partial charge in [0.15, 0.2) is 0 Å². The van der Waals surface area contributed by atoms with Crippen LogP contribution in [0.4, 0.5) is 11.8 Å². The van der Waals surface area contributed by atoms with E-state index in [4.69, 9.17) is 16.3 Å². The van der Waals surface area contributed by atoms with Gasteiger partial charge in [0, 0.05) is 38.3 Å². The smallest absolute Gasteiger partial charge is 0.227 e. The molecule has 0 bridgehead atoms.